The molecule has 0 bridgehead atoms. The lowest BCUT2D eigenvalue weighted by Crippen LogP contribution is -2.17. The summed E-state index contributed by atoms with van der Waals surface area (Å²) in [6, 6.07) is 12.8. The Morgan fingerprint density at radius 3 is 2.39 bits per heavy atom. The molecular weight excluding hydrogens is 262 g/mol. The lowest BCUT2D eigenvalue weighted by molar-refractivity contribution is 0.579. The number of nitrogens with one attached hydrogen (secondary N) is 1. The normalized spacial score (nSPS) is 12.6. The van der Waals surface area contributed by atoms with Crippen LogP contribution in [-0.2, 0) is 13.0 Å². The number of rotatable bonds is 5. The summed E-state index contributed by atoms with van der Waals surface area (Å²) >= 11 is 7.78. The van der Waals surface area contributed by atoms with Gasteiger partial charge in [-0.05, 0) is 43.2 Å². The standard InChI is InChI=1S/C15H18ClNS/c1-3-14-8-9-15(18-14)10-17-11(2)12-4-6-13(16)7-5-12/h4-9,11,17H,3,10H2,1-2H3/t11-/m0/s1. The Morgan fingerprint density at radius 2 is 1.78 bits per heavy atom. The molecule has 3 heteroatoms. The van der Waals surface area contributed by atoms with E-state index in [0.29, 0.717) is 6.04 Å². The van der Waals surface area contributed by atoms with E-state index in [9.17, 15) is 0 Å². The molecule has 0 aliphatic rings. The third-order valence-corrected chi connectivity index (χ3v) is 4.50. The summed E-state index contributed by atoms with van der Waals surface area (Å²) in [5, 5.41) is 4.33. The van der Waals surface area contributed by atoms with Crippen LogP contribution in [0.3, 0.4) is 0 Å². The maximum atomic E-state index is 5.89. The second-order valence-electron chi connectivity index (χ2n) is 4.38. The topological polar surface area (TPSA) is 12.0 Å². The van der Waals surface area contributed by atoms with E-state index in [1.54, 1.807) is 0 Å². The van der Waals surface area contributed by atoms with E-state index in [1.165, 1.54) is 15.3 Å². The van der Waals surface area contributed by atoms with Crippen molar-refractivity contribution in [2.45, 2.75) is 32.9 Å². The van der Waals surface area contributed by atoms with Gasteiger partial charge in [-0.2, -0.15) is 0 Å². The van der Waals surface area contributed by atoms with Crippen LogP contribution in [-0.4, -0.2) is 0 Å². The quantitative estimate of drug-likeness (QED) is 0.828. The van der Waals surface area contributed by atoms with Crippen molar-refractivity contribution in [2.75, 3.05) is 0 Å². The molecule has 0 aliphatic carbocycles. The maximum absolute atomic E-state index is 5.89. The largest absolute Gasteiger partial charge is 0.305 e. The summed E-state index contributed by atoms with van der Waals surface area (Å²) in [6.45, 7) is 5.30. The predicted molar refractivity (Wildman–Crippen MR) is 80.4 cm³/mol. The summed E-state index contributed by atoms with van der Waals surface area (Å²) in [7, 11) is 0. The average Bonchev–Trinajstić information content (AvgIpc) is 2.85. The molecule has 1 N–H and O–H groups in total. The molecule has 0 saturated carbocycles. The molecule has 0 amide bonds. The molecule has 1 atom stereocenters. The highest BCUT2D eigenvalue weighted by molar-refractivity contribution is 7.11. The van der Waals surface area contributed by atoms with E-state index in [2.05, 4.69) is 43.4 Å². The maximum Gasteiger partial charge on any atom is 0.0406 e. The molecule has 1 aromatic carbocycles. The van der Waals surface area contributed by atoms with E-state index in [0.717, 1.165) is 18.0 Å². The Morgan fingerprint density at radius 1 is 1.11 bits per heavy atom. The minimum absolute atomic E-state index is 0.342. The molecule has 0 aliphatic heterocycles. The molecule has 0 radical (unpaired) electrons. The first kappa shape index (κ1) is 13.6. The van der Waals surface area contributed by atoms with Crippen molar-refractivity contribution < 1.29 is 0 Å². The number of thiophene rings is 1. The van der Waals surface area contributed by atoms with Crippen LogP contribution in [0.1, 0.15) is 35.2 Å². The number of hydrogen-bond acceptors (Lipinski definition) is 2. The van der Waals surface area contributed by atoms with Crippen molar-refractivity contribution in [1.29, 1.82) is 0 Å². The van der Waals surface area contributed by atoms with Crippen LogP contribution in [0.15, 0.2) is 36.4 Å². The zero-order chi connectivity index (χ0) is 13.0. The highest BCUT2D eigenvalue weighted by Crippen LogP contribution is 2.19. The number of halogens is 1. The van der Waals surface area contributed by atoms with Gasteiger partial charge < -0.3 is 5.32 Å². The van der Waals surface area contributed by atoms with Gasteiger partial charge in [0.05, 0.1) is 0 Å². The summed E-state index contributed by atoms with van der Waals surface area (Å²) < 4.78 is 0. The molecule has 96 valence electrons. The molecule has 2 rings (SSSR count). The summed E-state index contributed by atoms with van der Waals surface area (Å²) in [6.07, 6.45) is 1.12. The Kier molecular flexibility index (Phi) is 4.81. The fourth-order valence-electron chi connectivity index (χ4n) is 1.83. The van der Waals surface area contributed by atoms with Gasteiger partial charge in [0.25, 0.3) is 0 Å². The minimum atomic E-state index is 0.342. The Balaban J connectivity index is 1.91. The fraction of sp³-hybridized carbons (Fsp3) is 0.333. The van der Waals surface area contributed by atoms with Gasteiger partial charge in [0.1, 0.15) is 0 Å². The Bertz CT molecular complexity index is 489. The molecule has 0 spiro atoms. The zero-order valence-corrected chi connectivity index (χ0v) is 12.3. The molecular formula is C15H18ClNS. The highest BCUT2D eigenvalue weighted by Gasteiger charge is 2.05. The van der Waals surface area contributed by atoms with Crippen LogP contribution >= 0.6 is 22.9 Å². The van der Waals surface area contributed by atoms with Crippen molar-refractivity contribution in [3.05, 3.63) is 56.7 Å². The van der Waals surface area contributed by atoms with E-state index in [1.807, 2.05) is 23.5 Å². The molecule has 0 saturated heterocycles. The van der Waals surface area contributed by atoms with Gasteiger partial charge in [-0.3, -0.25) is 0 Å². The minimum Gasteiger partial charge on any atom is -0.305 e. The monoisotopic (exact) mass is 279 g/mol. The van der Waals surface area contributed by atoms with E-state index >= 15 is 0 Å². The van der Waals surface area contributed by atoms with Crippen LogP contribution in [0.25, 0.3) is 0 Å². The molecule has 1 nitrogen and oxygen atoms in total. The van der Waals surface area contributed by atoms with Crippen molar-refractivity contribution in [2.24, 2.45) is 0 Å². The number of benzene rings is 1. The van der Waals surface area contributed by atoms with Gasteiger partial charge in [-0.15, -0.1) is 11.3 Å². The molecule has 18 heavy (non-hydrogen) atoms. The molecule has 0 unspecified atom stereocenters. The lowest BCUT2D eigenvalue weighted by atomic mass is 10.1. The lowest BCUT2D eigenvalue weighted by Gasteiger charge is -2.13. The smallest absolute Gasteiger partial charge is 0.0406 e. The van der Waals surface area contributed by atoms with Gasteiger partial charge in [-0.25, -0.2) is 0 Å². The van der Waals surface area contributed by atoms with Crippen molar-refractivity contribution in [3.63, 3.8) is 0 Å². The summed E-state index contributed by atoms with van der Waals surface area (Å²) in [4.78, 5) is 2.85. The van der Waals surface area contributed by atoms with Crippen molar-refractivity contribution in [3.8, 4) is 0 Å². The Hall–Kier alpha value is -0.830. The molecule has 0 fully saturated rings. The summed E-state index contributed by atoms with van der Waals surface area (Å²) in [5.74, 6) is 0. The van der Waals surface area contributed by atoms with Crippen molar-refractivity contribution >= 4 is 22.9 Å². The number of aryl methyl sites for hydroxylation is 1. The zero-order valence-electron chi connectivity index (χ0n) is 10.7. The first-order chi connectivity index (χ1) is 8.69. The van der Waals surface area contributed by atoms with E-state index in [4.69, 9.17) is 11.6 Å². The van der Waals surface area contributed by atoms with Crippen LogP contribution in [0, 0.1) is 0 Å². The Labute approximate surface area is 118 Å². The van der Waals surface area contributed by atoms with Gasteiger partial charge in [0.2, 0.25) is 0 Å². The fourth-order valence-corrected chi connectivity index (χ4v) is 2.87. The molecule has 2 aromatic rings. The second-order valence-corrected chi connectivity index (χ2v) is 6.07. The molecule has 1 aromatic heterocycles. The van der Waals surface area contributed by atoms with Gasteiger partial charge in [-0.1, -0.05) is 30.7 Å². The van der Waals surface area contributed by atoms with Crippen LogP contribution < -0.4 is 5.32 Å². The SMILES string of the molecule is CCc1ccc(CN[C@@H](C)c2ccc(Cl)cc2)s1. The third kappa shape index (κ3) is 3.58. The van der Waals surface area contributed by atoms with Crippen molar-refractivity contribution in [1.82, 2.24) is 5.32 Å². The highest BCUT2D eigenvalue weighted by atomic mass is 35.5. The van der Waals surface area contributed by atoms with E-state index < -0.39 is 0 Å². The molecule has 1 heterocycles. The first-order valence-electron chi connectivity index (χ1n) is 6.25. The predicted octanol–water partition coefficient (Wildman–Crippen LogP) is 4.81. The second kappa shape index (κ2) is 6.37. The summed E-state index contributed by atoms with van der Waals surface area (Å²) in [5.41, 5.74) is 1.27. The van der Waals surface area contributed by atoms with Crippen LogP contribution in [0.4, 0.5) is 0 Å². The average molecular weight is 280 g/mol. The number of hydrogen-bond donors (Lipinski definition) is 1. The first-order valence-corrected chi connectivity index (χ1v) is 7.45. The van der Waals surface area contributed by atoms with Crippen LogP contribution in [0.5, 0.6) is 0 Å². The third-order valence-electron chi connectivity index (χ3n) is 3.02. The van der Waals surface area contributed by atoms with Gasteiger partial charge >= 0.3 is 0 Å². The van der Waals surface area contributed by atoms with Crippen LogP contribution in [0.2, 0.25) is 5.02 Å². The van der Waals surface area contributed by atoms with Gasteiger partial charge in [0, 0.05) is 27.4 Å². The van der Waals surface area contributed by atoms with Gasteiger partial charge in [0.15, 0.2) is 0 Å². The van der Waals surface area contributed by atoms with E-state index in [-0.39, 0.29) is 0 Å².